The number of rotatable bonds is 1. The highest BCUT2D eigenvalue weighted by Gasteiger charge is 2.36. The van der Waals surface area contributed by atoms with Gasteiger partial charge >= 0.3 is 6.18 Å². The van der Waals surface area contributed by atoms with Crippen molar-refractivity contribution < 1.29 is 21.6 Å². The highest BCUT2D eigenvalue weighted by atomic mass is 35.5. The summed E-state index contributed by atoms with van der Waals surface area (Å²) in [6, 6.07) is 0.634. The molecule has 0 spiro atoms. The van der Waals surface area contributed by atoms with Crippen LogP contribution in [0.25, 0.3) is 0 Å². The van der Waals surface area contributed by atoms with Crippen LogP contribution in [0.1, 0.15) is 5.69 Å². The Kier molecular flexibility index (Phi) is 3.42. The lowest BCUT2D eigenvalue weighted by Crippen LogP contribution is -2.11. The maximum atomic E-state index is 12.3. The second kappa shape index (κ2) is 4.05. The summed E-state index contributed by atoms with van der Waals surface area (Å²) >= 11 is 10.6. The molecule has 0 aliphatic carbocycles. The lowest BCUT2D eigenvalue weighted by molar-refractivity contribution is -0.141. The first-order chi connectivity index (χ1) is 7.03. The number of hydrogen-bond acceptors (Lipinski definition) is 3. The Bertz CT molecular complexity index is 527. The largest absolute Gasteiger partial charge is 0.434 e. The Balaban J connectivity index is 3.52. The van der Waals surface area contributed by atoms with Crippen molar-refractivity contribution in [2.24, 2.45) is 0 Å². The fourth-order valence-corrected chi connectivity index (χ4v) is 2.47. The highest BCUT2D eigenvalue weighted by Crippen LogP contribution is 2.36. The minimum absolute atomic E-state index is 0.535. The van der Waals surface area contributed by atoms with Gasteiger partial charge in [-0.05, 0) is 6.07 Å². The van der Waals surface area contributed by atoms with Crippen molar-refractivity contribution in [1.82, 2.24) is 4.98 Å². The SMILES string of the molecule is CS(=O)(=O)c1cc(Cl)c(C(F)(F)F)nc1Cl. The summed E-state index contributed by atoms with van der Waals surface area (Å²) in [5.41, 5.74) is -1.41. The third-order valence-electron chi connectivity index (χ3n) is 1.57. The van der Waals surface area contributed by atoms with Crippen molar-refractivity contribution in [3.8, 4) is 0 Å². The molecule has 90 valence electrons. The average molecular weight is 294 g/mol. The van der Waals surface area contributed by atoms with E-state index in [1.54, 1.807) is 0 Å². The molecular formula is C7H4Cl2F3NO2S. The molecule has 0 aliphatic rings. The topological polar surface area (TPSA) is 47.0 Å². The molecule has 16 heavy (non-hydrogen) atoms. The quantitative estimate of drug-likeness (QED) is 0.748. The number of nitrogens with zero attached hydrogens (tertiary/aromatic N) is 1. The van der Waals surface area contributed by atoms with E-state index in [-0.39, 0.29) is 0 Å². The average Bonchev–Trinajstić information content (AvgIpc) is 2.04. The normalized spacial score (nSPS) is 12.9. The molecule has 0 bridgehead atoms. The molecule has 0 saturated heterocycles. The van der Waals surface area contributed by atoms with Gasteiger partial charge in [0.25, 0.3) is 0 Å². The molecule has 9 heteroatoms. The van der Waals surface area contributed by atoms with Crippen LogP contribution in [-0.4, -0.2) is 19.7 Å². The highest BCUT2D eigenvalue weighted by molar-refractivity contribution is 7.90. The summed E-state index contributed by atoms with van der Waals surface area (Å²) < 4.78 is 59.1. The molecule has 0 fully saturated rings. The predicted molar refractivity (Wildman–Crippen MR) is 52.4 cm³/mol. The van der Waals surface area contributed by atoms with E-state index in [0.29, 0.717) is 6.07 Å². The van der Waals surface area contributed by atoms with E-state index in [4.69, 9.17) is 23.2 Å². The van der Waals surface area contributed by atoms with Crippen LogP contribution in [0.2, 0.25) is 10.2 Å². The van der Waals surface area contributed by atoms with Crippen LogP contribution in [-0.2, 0) is 16.0 Å². The van der Waals surface area contributed by atoms with E-state index in [2.05, 4.69) is 4.98 Å². The number of aromatic nitrogens is 1. The van der Waals surface area contributed by atoms with Crippen LogP contribution in [0, 0.1) is 0 Å². The summed E-state index contributed by atoms with van der Waals surface area (Å²) in [5.74, 6) is 0. The number of halogens is 5. The summed E-state index contributed by atoms with van der Waals surface area (Å²) in [4.78, 5) is 2.40. The van der Waals surface area contributed by atoms with E-state index in [0.717, 1.165) is 6.26 Å². The zero-order valence-corrected chi connectivity index (χ0v) is 9.97. The molecule has 0 unspecified atom stereocenters. The van der Waals surface area contributed by atoms with Crippen molar-refractivity contribution in [1.29, 1.82) is 0 Å². The van der Waals surface area contributed by atoms with Crippen LogP contribution in [0.5, 0.6) is 0 Å². The Morgan fingerprint density at radius 3 is 2.19 bits per heavy atom. The van der Waals surface area contributed by atoms with Crippen molar-refractivity contribution in [2.45, 2.75) is 11.1 Å². The zero-order chi connectivity index (χ0) is 12.7. The molecule has 1 aromatic rings. The number of pyridine rings is 1. The second-order valence-corrected chi connectivity index (χ2v) is 5.63. The number of hydrogen-bond donors (Lipinski definition) is 0. The molecule has 0 N–H and O–H groups in total. The van der Waals surface area contributed by atoms with Gasteiger partial charge in [0, 0.05) is 6.26 Å². The molecule has 3 nitrogen and oxygen atoms in total. The summed E-state index contributed by atoms with van der Waals surface area (Å²) in [7, 11) is -3.76. The Hall–Kier alpha value is -0.530. The first kappa shape index (κ1) is 13.5. The standard InChI is InChI=1S/C7H4Cl2F3NO2S/c1-16(14,15)4-2-3(8)5(7(10,11)12)13-6(4)9/h2H,1H3. The Morgan fingerprint density at radius 1 is 1.31 bits per heavy atom. The second-order valence-electron chi connectivity index (χ2n) is 2.88. The van der Waals surface area contributed by atoms with E-state index in [1.807, 2.05) is 0 Å². The van der Waals surface area contributed by atoms with Gasteiger partial charge in [-0.15, -0.1) is 0 Å². The smallest absolute Gasteiger partial charge is 0.229 e. The van der Waals surface area contributed by atoms with Crippen LogP contribution < -0.4 is 0 Å². The zero-order valence-electron chi connectivity index (χ0n) is 7.64. The molecule has 0 radical (unpaired) electrons. The molecule has 1 rings (SSSR count). The summed E-state index contributed by atoms with van der Waals surface area (Å²) in [6.07, 6.45) is -3.99. The minimum atomic E-state index is -4.78. The van der Waals surface area contributed by atoms with Gasteiger partial charge in [-0.25, -0.2) is 13.4 Å². The lowest BCUT2D eigenvalue weighted by atomic mass is 10.3. The molecule has 0 aromatic carbocycles. The van der Waals surface area contributed by atoms with Gasteiger partial charge in [0.05, 0.1) is 5.02 Å². The number of alkyl halides is 3. The van der Waals surface area contributed by atoms with Gasteiger partial charge in [0.1, 0.15) is 10.0 Å². The molecular weight excluding hydrogens is 290 g/mol. The van der Waals surface area contributed by atoms with Crippen LogP contribution in [0.4, 0.5) is 13.2 Å². The first-order valence-corrected chi connectivity index (χ1v) is 6.31. The van der Waals surface area contributed by atoms with Gasteiger partial charge in [-0.2, -0.15) is 13.2 Å². The van der Waals surface area contributed by atoms with Crippen molar-refractivity contribution in [2.75, 3.05) is 6.26 Å². The maximum absolute atomic E-state index is 12.3. The van der Waals surface area contributed by atoms with Gasteiger partial charge in [0.15, 0.2) is 15.5 Å². The minimum Gasteiger partial charge on any atom is -0.229 e. The van der Waals surface area contributed by atoms with E-state index in [9.17, 15) is 21.6 Å². The molecule has 0 aliphatic heterocycles. The molecule has 0 saturated carbocycles. The number of sulfone groups is 1. The van der Waals surface area contributed by atoms with E-state index < -0.39 is 36.8 Å². The fraction of sp³-hybridized carbons (Fsp3) is 0.286. The predicted octanol–water partition coefficient (Wildman–Crippen LogP) is 2.81. The molecule has 1 heterocycles. The third-order valence-corrected chi connectivity index (χ3v) is 3.36. The van der Waals surface area contributed by atoms with Crippen molar-refractivity contribution >= 4 is 33.0 Å². The Labute approximate surface area is 99.1 Å². The molecule has 0 amide bonds. The van der Waals surface area contributed by atoms with Crippen molar-refractivity contribution in [3.63, 3.8) is 0 Å². The van der Waals surface area contributed by atoms with E-state index >= 15 is 0 Å². The van der Waals surface area contributed by atoms with Gasteiger partial charge in [0.2, 0.25) is 0 Å². The van der Waals surface area contributed by atoms with E-state index in [1.165, 1.54) is 0 Å². The summed E-state index contributed by atoms with van der Waals surface area (Å²) in [5, 5.41) is -1.56. The van der Waals surface area contributed by atoms with Gasteiger partial charge in [-0.1, -0.05) is 23.2 Å². The van der Waals surface area contributed by atoms with Crippen LogP contribution in [0.15, 0.2) is 11.0 Å². The molecule has 0 atom stereocenters. The monoisotopic (exact) mass is 293 g/mol. The van der Waals surface area contributed by atoms with Gasteiger partial charge in [-0.3, -0.25) is 0 Å². The Morgan fingerprint density at radius 2 is 1.81 bits per heavy atom. The maximum Gasteiger partial charge on any atom is 0.434 e. The third kappa shape index (κ3) is 2.78. The molecule has 1 aromatic heterocycles. The van der Waals surface area contributed by atoms with Gasteiger partial charge < -0.3 is 0 Å². The lowest BCUT2D eigenvalue weighted by Gasteiger charge is -2.10. The van der Waals surface area contributed by atoms with Crippen LogP contribution >= 0.6 is 23.2 Å². The van der Waals surface area contributed by atoms with Crippen molar-refractivity contribution in [3.05, 3.63) is 21.9 Å². The summed E-state index contributed by atoms with van der Waals surface area (Å²) in [6.45, 7) is 0. The fourth-order valence-electron chi connectivity index (χ4n) is 0.908. The van der Waals surface area contributed by atoms with Crippen LogP contribution in [0.3, 0.4) is 0 Å². The first-order valence-electron chi connectivity index (χ1n) is 3.67.